The van der Waals surface area contributed by atoms with E-state index in [4.69, 9.17) is 10.5 Å². The minimum atomic E-state index is -0.773. The monoisotopic (exact) mass is 456 g/mol. The molecule has 9 heteroatoms. The smallest absolute Gasteiger partial charge is 0.407 e. The third-order valence-electron chi connectivity index (χ3n) is 6.29. The second kappa shape index (κ2) is 11.9. The van der Waals surface area contributed by atoms with Crippen molar-refractivity contribution in [2.75, 3.05) is 25.4 Å². The standard InChI is InChI=1S/C22H40N4O4S/c1-5-30-21(29)25-18(22(3,4)31-6-2)20(28)26-13-7-8-17(26)19(27)24-14-15-9-11-16(23)12-10-15/h15-18H,5-14,23H2,1-4H3,(H,24,27)(H,25,29)/t15?,16?,17-,18-/m0/s1. The van der Waals surface area contributed by atoms with Gasteiger partial charge in [-0.15, -0.1) is 0 Å². The lowest BCUT2D eigenvalue weighted by Gasteiger charge is -2.37. The number of hydrogen-bond donors (Lipinski definition) is 3. The summed E-state index contributed by atoms with van der Waals surface area (Å²) < 4.78 is 4.49. The zero-order valence-corrected chi connectivity index (χ0v) is 20.3. The van der Waals surface area contributed by atoms with Crippen molar-refractivity contribution < 1.29 is 19.1 Å². The Morgan fingerprint density at radius 3 is 2.45 bits per heavy atom. The minimum absolute atomic E-state index is 0.100. The van der Waals surface area contributed by atoms with Gasteiger partial charge in [-0.3, -0.25) is 9.59 Å². The SMILES string of the molecule is CCOC(=O)N[C@@H](C(=O)N1CCC[C@H]1C(=O)NCC1CCC(N)CC1)C(C)(C)SCC. The van der Waals surface area contributed by atoms with E-state index in [1.165, 1.54) is 0 Å². The molecule has 3 amide bonds. The Balaban J connectivity index is 2.04. The van der Waals surface area contributed by atoms with Gasteiger partial charge in [-0.1, -0.05) is 6.92 Å². The van der Waals surface area contributed by atoms with Crippen molar-refractivity contribution >= 4 is 29.7 Å². The Bertz CT molecular complexity index is 623. The van der Waals surface area contributed by atoms with Gasteiger partial charge >= 0.3 is 6.09 Å². The van der Waals surface area contributed by atoms with Gasteiger partial charge in [0.2, 0.25) is 11.8 Å². The highest BCUT2D eigenvalue weighted by atomic mass is 32.2. The molecule has 2 rings (SSSR count). The summed E-state index contributed by atoms with van der Waals surface area (Å²) in [5.41, 5.74) is 5.97. The highest BCUT2D eigenvalue weighted by molar-refractivity contribution is 8.00. The zero-order chi connectivity index (χ0) is 23.0. The van der Waals surface area contributed by atoms with Gasteiger partial charge in [-0.2, -0.15) is 11.8 Å². The molecule has 0 bridgehead atoms. The number of amides is 3. The number of rotatable bonds is 9. The van der Waals surface area contributed by atoms with E-state index in [2.05, 4.69) is 10.6 Å². The first-order valence-electron chi connectivity index (χ1n) is 11.6. The van der Waals surface area contributed by atoms with Gasteiger partial charge in [0.25, 0.3) is 0 Å². The fourth-order valence-corrected chi connectivity index (χ4v) is 5.57. The van der Waals surface area contributed by atoms with Crippen LogP contribution >= 0.6 is 11.8 Å². The Morgan fingerprint density at radius 1 is 1.16 bits per heavy atom. The molecule has 31 heavy (non-hydrogen) atoms. The molecule has 2 atom stereocenters. The number of ether oxygens (including phenoxy) is 1. The first-order valence-corrected chi connectivity index (χ1v) is 12.6. The molecule has 0 unspecified atom stereocenters. The third kappa shape index (κ3) is 7.27. The average molecular weight is 457 g/mol. The van der Waals surface area contributed by atoms with Crippen LogP contribution in [0.4, 0.5) is 4.79 Å². The summed E-state index contributed by atoms with van der Waals surface area (Å²) in [7, 11) is 0. The summed E-state index contributed by atoms with van der Waals surface area (Å²) in [4.78, 5) is 40.2. The fourth-order valence-electron chi connectivity index (χ4n) is 4.50. The molecular weight excluding hydrogens is 416 g/mol. The molecule has 0 spiro atoms. The summed E-state index contributed by atoms with van der Waals surface area (Å²) in [6.45, 7) is 9.00. The van der Waals surface area contributed by atoms with Gasteiger partial charge in [-0.05, 0) is 71.0 Å². The number of alkyl carbamates (subject to hydrolysis) is 1. The van der Waals surface area contributed by atoms with Crippen LogP contribution in [-0.4, -0.2) is 71.1 Å². The largest absolute Gasteiger partial charge is 0.450 e. The quantitative estimate of drug-likeness (QED) is 0.490. The van der Waals surface area contributed by atoms with Crippen LogP contribution in [0.5, 0.6) is 0 Å². The lowest BCUT2D eigenvalue weighted by molar-refractivity contribution is -0.140. The van der Waals surface area contributed by atoms with Crippen LogP contribution in [0.25, 0.3) is 0 Å². The van der Waals surface area contributed by atoms with E-state index in [1.54, 1.807) is 23.6 Å². The van der Waals surface area contributed by atoms with Crippen molar-refractivity contribution in [1.29, 1.82) is 0 Å². The lowest BCUT2D eigenvalue weighted by atomic mass is 9.86. The van der Waals surface area contributed by atoms with Crippen molar-refractivity contribution in [3.05, 3.63) is 0 Å². The molecule has 8 nitrogen and oxygen atoms in total. The Kier molecular flexibility index (Phi) is 9.93. The first kappa shape index (κ1) is 25.8. The maximum atomic E-state index is 13.5. The number of hydrogen-bond acceptors (Lipinski definition) is 6. The topological polar surface area (TPSA) is 114 Å². The Hall–Kier alpha value is -1.48. The van der Waals surface area contributed by atoms with Gasteiger partial charge in [-0.25, -0.2) is 4.79 Å². The van der Waals surface area contributed by atoms with Gasteiger partial charge in [0, 0.05) is 23.9 Å². The van der Waals surface area contributed by atoms with Crippen molar-refractivity contribution in [2.24, 2.45) is 11.7 Å². The van der Waals surface area contributed by atoms with E-state index in [9.17, 15) is 14.4 Å². The van der Waals surface area contributed by atoms with E-state index in [0.717, 1.165) is 37.9 Å². The van der Waals surface area contributed by atoms with Crippen molar-refractivity contribution in [2.45, 2.75) is 89.1 Å². The first-order chi connectivity index (χ1) is 14.7. The summed E-state index contributed by atoms with van der Waals surface area (Å²) >= 11 is 1.60. The molecule has 1 aliphatic heterocycles. The maximum Gasteiger partial charge on any atom is 0.407 e. The van der Waals surface area contributed by atoms with Crippen molar-refractivity contribution in [3.8, 4) is 0 Å². The molecule has 2 aliphatic rings. The van der Waals surface area contributed by atoms with E-state index in [1.807, 2.05) is 20.8 Å². The molecule has 0 aromatic carbocycles. The van der Waals surface area contributed by atoms with Gasteiger partial charge in [0.05, 0.1) is 6.61 Å². The number of thioether (sulfide) groups is 1. The van der Waals surface area contributed by atoms with Gasteiger partial charge < -0.3 is 26.0 Å². The van der Waals surface area contributed by atoms with Crippen molar-refractivity contribution in [1.82, 2.24) is 15.5 Å². The molecule has 1 saturated carbocycles. The number of nitrogens with one attached hydrogen (secondary N) is 2. The van der Waals surface area contributed by atoms with Crippen molar-refractivity contribution in [3.63, 3.8) is 0 Å². The highest BCUT2D eigenvalue weighted by Gasteiger charge is 2.44. The summed E-state index contributed by atoms with van der Waals surface area (Å²) in [5, 5.41) is 5.82. The van der Waals surface area contributed by atoms with E-state index < -0.39 is 22.9 Å². The highest BCUT2D eigenvalue weighted by Crippen LogP contribution is 2.31. The molecule has 0 aromatic heterocycles. The molecule has 1 heterocycles. The van der Waals surface area contributed by atoms with Crippen LogP contribution in [0, 0.1) is 5.92 Å². The zero-order valence-electron chi connectivity index (χ0n) is 19.4. The molecule has 1 saturated heterocycles. The third-order valence-corrected chi connectivity index (χ3v) is 7.56. The van der Waals surface area contributed by atoms with E-state index in [-0.39, 0.29) is 24.5 Å². The molecule has 4 N–H and O–H groups in total. The summed E-state index contributed by atoms with van der Waals surface area (Å²) in [5.74, 6) is 0.931. The second-order valence-electron chi connectivity index (χ2n) is 9.05. The van der Waals surface area contributed by atoms with Crippen LogP contribution in [0.2, 0.25) is 0 Å². The molecule has 2 fully saturated rings. The molecule has 0 aromatic rings. The summed E-state index contributed by atoms with van der Waals surface area (Å²) in [6, 6.07) is -0.986. The van der Waals surface area contributed by atoms with Gasteiger partial charge in [0.1, 0.15) is 12.1 Å². The molecular formula is C22H40N4O4S. The van der Waals surface area contributed by atoms with Crippen LogP contribution in [0.15, 0.2) is 0 Å². The maximum absolute atomic E-state index is 13.5. The fraction of sp³-hybridized carbons (Fsp3) is 0.864. The molecule has 0 radical (unpaired) electrons. The van der Waals surface area contributed by atoms with E-state index in [0.29, 0.717) is 25.4 Å². The normalized spacial score (nSPS) is 25.1. The number of likely N-dealkylation sites (tertiary alicyclic amines) is 1. The number of carbonyl (C=O) groups is 3. The molecule has 1 aliphatic carbocycles. The number of nitrogens with zero attached hydrogens (tertiary/aromatic N) is 1. The Labute approximate surface area is 190 Å². The predicted octanol–water partition coefficient (Wildman–Crippen LogP) is 2.26. The van der Waals surface area contributed by atoms with E-state index >= 15 is 0 Å². The predicted molar refractivity (Wildman–Crippen MR) is 124 cm³/mol. The van der Waals surface area contributed by atoms with Crippen LogP contribution in [0.3, 0.4) is 0 Å². The summed E-state index contributed by atoms with van der Waals surface area (Å²) in [6.07, 6.45) is 4.86. The second-order valence-corrected chi connectivity index (χ2v) is 11.0. The van der Waals surface area contributed by atoms with Crippen LogP contribution < -0.4 is 16.4 Å². The lowest BCUT2D eigenvalue weighted by Crippen LogP contribution is -2.60. The molecule has 178 valence electrons. The number of nitrogens with two attached hydrogens (primary N) is 1. The Morgan fingerprint density at radius 2 is 1.84 bits per heavy atom. The minimum Gasteiger partial charge on any atom is -0.450 e. The van der Waals surface area contributed by atoms with Crippen LogP contribution in [-0.2, 0) is 14.3 Å². The van der Waals surface area contributed by atoms with Gasteiger partial charge in [0.15, 0.2) is 0 Å². The number of carbonyl (C=O) groups excluding carboxylic acids is 3. The van der Waals surface area contributed by atoms with Crippen LogP contribution in [0.1, 0.15) is 66.2 Å². The average Bonchev–Trinajstić information content (AvgIpc) is 3.21.